The molecule has 0 bridgehead atoms. The van der Waals surface area contributed by atoms with E-state index in [2.05, 4.69) is 5.32 Å². The van der Waals surface area contributed by atoms with E-state index in [1.165, 1.54) is 0 Å². The molecule has 0 aromatic rings. The van der Waals surface area contributed by atoms with Gasteiger partial charge in [0.1, 0.15) is 11.1 Å². The molecule has 0 saturated carbocycles. The van der Waals surface area contributed by atoms with Crippen LogP contribution in [-0.4, -0.2) is 41.1 Å². The molecule has 2 amide bonds. The molecule has 18 heavy (non-hydrogen) atoms. The largest absolute Gasteiger partial charge is 0.444 e. The third-order valence-electron chi connectivity index (χ3n) is 3.58. The van der Waals surface area contributed by atoms with E-state index < -0.39 is 11.1 Å². The lowest BCUT2D eigenvalue weighted by Crippen LogP contribution is -2.60. The Labute approximate surface area is 108 Å². The maximum atomic E-state index is 12.2. The highest BCUT2D eigenvalue weighted by Gasteiger charge is 2.51. The summed E-state index contributed by atoms with van der Waals surface area (Å²) in [5.74, 6) is -0.0166. The molecule has 2 heterocycles. The van der Waals surface area contributed by atoms with Crippen molar-refractivity contribution in [2.75, 3.05) is 13.1 Å². The second kappa shape index (κ2) is 4.44. The lowest BCUT2D eigenvalue weighted by Gasteiger charge is -2.40. The fraction of sp³-hybridized carbons (Fsp3) is 0.846. The first-order valence-electron chi connectivity index (χ1n) is 6.64. The Balaban J connectivity index is 2.16. The summed E-state index contributed by atoms with van der Waals surface area (Å²) in [6.45, 7) is 6.85. The fourth-order valence-corrected chi connectivity index (χ4v) is 2.82. The van der Waals surface area contributed by atoms with Crippen molar-refractivity contribution in [1.82, 2.24) is 10.2 Å². The summed E-state index contributed by atoms with van der Waals surface area (Å²) in [5.41, 5.74) is -1.17. The smallest absolute Gasteiger partial charge is 0.411 e. The normalized spacial score (nSPS) is 28.4. The molecule has 5 nitrogen and oxygen atoms in total. The van der Waals surface area contributed by atoms with Gasteiger partial charge in [0, 0.05) is 13.1 Å². The number of hydrogen-bond acceptors (Lipinski definition) is 3. The molecule has 1 N–H and O–H groups in total. The maximum absolute atomic E-state index is 12.2. The van der Waals surface area contributed by atoms with Gasteiger partial charge in [-0.05, 0) is 46.5 Å². The molecular formula is C13H22N2O3. The van der Waals surface area contributed by atoms with Gasteiger partial charge in [-0.25, -0.2) is 4.79 Å². The van der Waals surface area contributed by atoms with Crippen LogP contribution < -0.4 is 5.32 Å². The Morgan fingerprint density at radius 2 is 2.00 bits per heavy atom. The number of hydrogen-bond donors (Lipinski definition) is 1. The molecule has 102 valence electrons. The molecule has 0 aliphatic carbocycles. The monoisotopic (exact) mass is 254 g/mol. The minimum absolute atomic E-state index is 0.0166. The highest BCUT2D eigenvalue weighted by Crippen LogP contribution is 2.36. The third-order valence-corrected chi connectivity index (χ3v) is 3.58. The molecule has 2 aliphatic heterocycles. The molecule has 0 aromatic heterocycles. The standard InChI is InChI=1S/C13H22N2O3/c1-12(2,3)18-11(17)15-9-5-7-13(15)6-4-8-14-10(13)16/h4-9H2,1-3H3,(H,14,16)/t13-/m1/s1. The van der Waals surface area contributed by atoms with Crippen LogP contribution in [0.5, 0.6) is 0 Å². The molecule has 0 aromatic carbocycles. The highest BCUT2D eigenvalue weighted by atomic mass is 16.6. The molecule has 1 spiro atoms. The molecule has 5 heteroatoms. The number of likely N-dealkylation sites (tertiary alicyclic amines) is 1. The van der Waals surface area contributed by atoms with Crippen molar-refractivity contribution in [2.45, 2.75) is 57.6 Å². The number of nitrogens with one attached hydrogen (secondary N) is 1. The second-order valence-corrected chi connectivity index (χ2v) is 6.13. The third kappa shape index (κ3) is 2.31. The number of carbonyl (C=O) groups is 2. The van der Waals surface area contributed by atoms with Gasteiger partial charge in [-0.2, -0.15) is 0 Å². The molecular weight excluding hydrogens is 232 g/mol. The Bertz CT molecular complexity index is 362. The van der Waals surface area contributed by atoms with Crippen molar-refractivity contribution in [2.24, 2.45) is 0 Å². The van der Waals surface area contributed by atoms with Gasteiger partial charge in [-0.3, -0.25) is 9.69 Å². The average molecular weight is 254 g/mol. The minimum Gasteiger partial charge on any atom is -0.444 e. The lowest BCUT2D eigenvalue weighted by molar-refractivity contribution is -0.134. The lowest BCUT2D eigenvalue weighted by atomic mass is 9.87. The SMILES string of the molecule is CC(C)(C)OC(=O)N1CCC[C@@]12CCCNC2=O. The quantitative estimate of drug-likeness (QED) is 0.715. The first-order chi connectivity index (χ1) is 8.35. The van der Waals surface area contributed by atoms with E-state index in [0.29, 0.717) is 13.1 Å². The Morgan fingerprint density at radius 3 is 2.61 bits per heavy atom. The van der Waals surface area contributed by atoms with Crippen molar-refractivity contribution in [1.29, 1.82) is 0 Å². The average Bonchev–Trinajstić information content (AvgIpc) is 2.65. The zero-order chi connectivity index (χ0) is 13.4. The van der Waals surface area contributed by atoms with Gasteiger partial charge in [0.15, 0.2) is 0 Å². The van der Waals surface area contributed by atoms with Gasteiger partial charge in [-0.1, -0.05) is 0 Å². The van der Waals surface area contributed by atoms with E-state index >= 15 is 0 Å². The zero-order valence-corrected chi connectivity index (χ0v) is 11.4. The van der Waals surface area contributed by atoms with Crippen LogP contribution in [0.2, 0.25) is 0 Å². The van der Waals surface area contributed by atoms with E-state index in [1.54, 1.807) is 4.90 Å². The predicted molar refractivity (Wildman–Crippen MR) is 67.1 cm³/mol. The zero-order valence-electron chi connectivity index (χ0n) is 11.4. The summed E-state index contributed by atoms with van der Waals surface area (Å²) in [7, 11) is 0. The summed E-state index contributed by atoms with van der Waals surface area (Å²) in [5, 5.41) is 2.87. The second-order valence-electron chi connectivity index (χ2n) is 6.13. The molecule has 0 radical (unpaired) electrons. The molecule has 2 aliphatic rings. The van der Waals surface area contributed by atoms with E-state index in [-0.39, 0.29) is 12.0 Å². The summed E-state index contributed by atoms with van der Waals surface area (Å²) in [6.07, 6.45) is 2.92. The number of nitrogens with zero attached hydrogens (tertiary/aromatic N) is 1. The summed E-state index contributed by atoms with van der Waals surface area (Å²) < 4.78 is 5.40. The number of piperidine rings is 1. The van der Waals surface area contributed by atoms with E-state index in [9.17, 15) is 9.59 Å². The van der Waals surface area contributed by atoms with E-state index in [0.717, 1.165) is 25.7 Å². The van der Waals surface area contributed by atoms with Crippen LogP contribution in [0.1, 0.15) is 46.5 Å². The minimum atomic E-state index is -0.652. The van der Waals surface area contributed by atoms with Gasteiger partial charge in [-0.15, -0.1) is 0 Å². The van der Waals surface area contributed by atoms with Crippen LogP contribution in [0.25, 0.3) is 0 Å². The number of ether oxygens (including phenoxy) is 1. The number of amides is 2. The summed E-state index contributed by atoms with van der Waals surface area (Å²) in [6, 6.07) is 0. The first kappa shape index (κ1) is 13.2. The van der Waals surface area contributed by atoms with Crippen LogP contribution in [0, 0.1) is 0 Å². The molecule has 0 unspecified atom stereocenters. The van der Waals surface area contributed by atoms with Gasteiger partial charge in [0.2, 0.25) is 5.91 Å². The van der Waals surface area contributed by atoms with Crippen LogP contribution in [-0.2, 0) is 9.53 Å². The van der Waals surface area contributed by atoms with Crippen LogP contribution in [0.3, 0.4) is 0 Å². The topological polar surface area (TPSA) is 58.6 Å². The fourth-order valence-electron chi connectivity index (χ4n) is 2.82. The predicted octanol–water partition coefficient (Wildman–Crippen LogP) is 1.67. The van der Waals surface area contributed by atoms with Gasteiger partial charge >= 0.3 is 6.09 Å². The van der Waals surface area contributed by atoms with Crippen LogP contribution in [0.4, 0.5) is 4.79 Å². The van der Waals surface area contributed by atoms with Crippen molar-refractivity contribution >= 4 is 12.0 Å². The molecule has 2 rings (SSSR count). The van der Waals surface area contributed by atoms with Gasteiger partial charge in [0.05, 0.1) is 0 Å². The first-order valence-corrected chi connectivity index (χ1v) is 6.64. The Morgan fingerprint density at radius 1 is 1.33 bits per heavy atom. The molecule has 1 atom stereocenters. The summed E-state index contributed by atoms with van der Waals surface area (Å²) in [4.78, 5) is 26.0. The molecule has 2 saturated heterocycles. The van der Waals surface area contributed by atoms with Crippen LogP contribution >= 0.6 is 0 Å². The Hall–Kier alpha value is -1.26. The maximum Gasteiger partial charge on any atom is 0.411 e. The van der Waals surface area contributed by atoms with Crippen LogP contribution in [0.15, 0.2) is 0 Å². The summed E-state index contributed by atoms with van der Waals surface area (Å²) >= 11 is 0. The van der Waals surface area contributed by atoms with Crippen molar-refractivity contribution in [3.05, 3.63) is 0 Å². The molecule has 2 fully saturated rings. The van der Waals surface area contributed by atoms with Crippen molar-refractivity contribution < 1.29 is 14.3 Å². The van der Waals surface area contributed by atoms with E-state index in [4.69, 9.17) is 4.74 Å². The van der Waals surface area contributed by atoms with Crippen molar-refractivity contribution in [3.8, 4) is 0 Å². The van der Waals surface area contributed by atoms with E-state index in [1.807, 2.05) is 20.8 Å². The number of carbonyl (C=O) groups excluding carboxylic acids is 2. The van der Waals surface area contributed by atoms with Crippen molar-refractivity contribution in [3.63, 3.8) is 0 Å². The van der Waals surface area contributed by atoms with Gasteiger partial charge in [0.25, 0.3) is 0 Å². The highest BCUT2D eigenvalue weighted by molar-refractivity contribution is 5.91. The Kier molecular flexibility index (Phi) is 3.25. The number of rotatable bonds is 0. The van der Waals surface area contributed by atoms with Gasteiger partial charge < -0.3 is 10.1 Å².